The van der Waals surface area contributed by atoms with E-state index in [-0.39, 0.29) is 36.8 Å². The lowest BCUT2D eigenvalue weighted by Gasteiger charge is -2.44. The van der Waals surface area contributed by atoms with Crippen LogP contribution in [0.2, 0.25) is 0 Å². The SMILES string of the molecule is CNC(=O)N1CCC(C)(C(=O)N(CC(=O)Nc2ccc3c(c2)C[C@@]2(C3)C(=O)Nc3ncccc32)C2CCCN(C(=O)O)C2)CC1. The molecular weight excluding hydrogens is 578 g/mol. The molecular formula is C32H39N7O6. The van der Waals surface area contributed by atoms with Crippen LogP contribution in [0.3, 0.4) is 0 Å². The number of aromatic nitrogens is 1. The number of anilines is 2. The normalized spacial score (nSPS) is 23.2. The molecule has 0 saturated carbocycles. The number of nitrogens with zero attached hydrogens (tertiary/aromatic N) is 4. The molecule has 1 unspecified atom stereocenters. The summed E-state index contributed by atoms with van der Waals surface area (Å²) in [5, 5.41) is 18.1. The number of carbonyl (C=O) groups is 5. The Morgan fingerprint density at radius 2 is 1.84 bits per heavy atom. The van der Waals surface area contributed by atoms with Crippen molar-refractivity contribution in [2.24, 2.45) is 5.41 Å². The highest BCUT2D eigenvalue weighted by molar-refractivity contribution is 6.06. The van der Waals surface area contributed by atoms with E-state index >= 15 is 0 Å². The van der Waals surface area contributed by atoms with E-state index in [4.69, 9.17) is 0 Å². The largest absolute Gasteiger partial charge is 0.465 e. The Bertz CT molecular complexity index is 1550. The van der Waals surface area contributed by atoms with E-state index in [0.29, 0.717) is 69.7 Å². The molecule has 3 aliphatic heterocycles. The second-order valence-corrected chi connectivity index (χ2v) is 12.9. The van der Waals surface area contributed by atoms with Crippen LogP contribution in [0.5, 0.6) is 0 Å². The topological polar surface area (TPSA) is 164 Å². The van der Waals surface area contributed by atoms with Crippen LogP contribution in [0.25, 0.3) is 0 Å². The van der Waals surface area contributed by atoms with Gasteiger partial charge in [-0.05, 0) is 67.9 Å². The average Bonchev–Trinajstić information content (AvgIpc) is 3.55. The highest BCUT2D eigenvalue weighted by Gasteiger charge is 2.51. The van der Waals surface area contributed by atoms with E-state index in [2.05, 4.69) is 20.9 Å². The van der Waals surface area contributed by atoms with Gasteiger partial charge >= 0.3 is 12.1 Å². The predicted molar refractivity (Wildman–Crippen MR) is 165 cm³/mol. The second-order valence-electron chi connectivity index (χ2n) is 12.9. The molecule has 2 aromatic rings. The van der Waals surface area contributed by atoms with Gasteiger partial charge in [0.1, 0.15) is 12.4 Å². The molecule has 0 radical (unpaired) electrons. The first-order valence-electron chi connectivity index (χ1n) is 15.5. The lowest BCUT2D eigenvalue weighted by molar-refractivity contribution is -0.149. The lowest BCUT2D eigenvalue weighted by atomic mass is 9.78. The van der Waals surface area contributed by atoms with Gasteiger partial charge in [-0.1, -0.05) is 19.1 Å². The lowest BCUT2D eigenvalue weighted by Crippen LogP contribution is -2.58. The summed E-state index contributed by atoms with van der Waals surface area (Å²) < 4.78 is 0. The molecule has 2 fully saturated rings. The van der Waals surface area contributed by atoms with E-state index in [0.717, 1.165) is 16.7 Å². The van der Waals surface area contributed by atoms with Gasteiger partial charge in [0, 0.05) is 56.1 Å². The third-order valence-corrected chi connectivity index (χ3v) is 10.0. The summed E-state index contributed by atoms with van der Waals surface area (Å²) in [5.74, 6) is -0.0830. The van der Waals surface area contributed by atoms with Crippen molar-refractivity contribution in [2.45, 2.75) is 56.9 Å². The van der Waals surface area contributed by atoms with Crippen molar-refractivity contribution in [1.29, 1.82) is 0 Å². The van der Waals surface area contributed by atoms with Crippen molar-refractivity contribution in [3.63, 3.8) is 0 Å². The van der Waals surface area contributed by atoms with Crippen LogP contribution in [0.15, 0.2) is 36.5 Å². The van der Waals surface area contributed by atoms with E-state index < -0.39 is 23.0 Å². The molecule has 6 rings (SSSR count). The Kier molecular flexibility index (Phi) is 7.88. The van der Waals surface area contributed by atoms with Crippen molar-refractivity contribution in [1.82, 2.24) is 25.0 Å². The maximum atomic E-state index is 14.2. The number of likely N-dealkylation sites (tertiary alicyclic amines) is 2. The van der Waals surface area contributed by atoms with Crippen LogP contribution >= 0.6 is 0 Å². The number of hydrogen-bond donors (Lipinski definition) is 4. The number of carboxylic acid groups (broad SMARTS) is 1. The van der Waals surface area contributed by atoms with Crippen molar-refractivity contribution >= 4 is 41.4 Å². The predicted octanol–water partition coefficient (Wildman–Crippen LogP) is 2.42. The van der Waals surface area contributed by atoms with E-state index in [9.17, 15) is 29.1 Å². The fraction of sp³-hybridized carbons (Fsp3) is 0.500. The van der Waals surface area contributed by atoms with Gasteiger partial charge in [0.05, 0.1) is 11.5 Å². The summed E-state index contributed by atoms with van der Waals surface area (Å²) in [4.78, 5) is 73.6. The summed E-state index contributed by atoms with van der Waals surface area (Å²) in [6, 6.07) is 8.74. The van der Waals surface area contributed by atoms with E-state index in [1.165, 1.54) is 4.90 Å². The maximum Gasteiger partial charge on any atom is 0.407 e. The minimum absolute atomic E-state index is 0.0790. The van der Waals surface area contributed by atoms with Crippen molar-refractivity contribution in [3.05, 3.63) is 53.2 Å². The molecule has 6 amide bonds. The second kappa shape index (κ2) is 11.7. The minimum atomic E-state index is -1.05. The molecule has 2 atom stereocenters. The molecule has 4 heterocycles. The van der Waals surface area contributed by atoms with Crippen LogP contribution < -0.4 is 16.0 Å². The number of carbonyl (C=O) groups excluding carboxylic acids is 4. The number of piperidine rings is 2. The van der Waals surface area contributed by atoms with Crippen molar-refractivity contribution < 1.29 is 29.1 Å². The van der Waals surface area contributed by atoms with Gasteiger partial charge in [-0.2, -0.15) is 0 Å². The van der Waals surface area contributed by atoms with Crippen molar-refractivity contribution in [2.75, 3.05) is 50.4 Å². The van der Waals surface area contributed by atoms with E-state index in [1.54, 1.807) is 23.0 Å². The van der Waals surface area contributed by atoms with Gasteiger partial charge in [0.15, 0.2) is 0 Å². The monoisotopic (exact) mass is 617 g/mol. The maximum absolute atomic E-state index is 14.2. The van der Waals surface area contributed by atoms with Gasteiger partial charge in [0.2, 0.25) is 17.7 Å². The summed E-state index contributed by atoms with van der Waals surface area (Å²) in [6.45, 7) is 2.96. The number of hydrogen-bond acceptors (Lipinski definition) is 6. The first-order chi connectivity index (χ1) is 21.5. The molecule has 13 heteroatoms. The Hall–Kier alpha value is -4.68. The fourth-order valence-electron chi connectivity index (χ4n) is 7.37. The number of fused-ring (bicyclic) bond motifs is 3. The zero-order chi connectivity index (χ0) is 31.9. The highest BCUT2D eigenvalue weighted by atomic mass is 16.4. The van der Waals surface area contributed by atoms with Crippen LogP contribution in [-0.4, -0.2) is 100 Å². The van der Waals surface area contributed by atoms with Crippen molar-refractivity contribution in [3.8, 4) is 0 Å². The number of rotatable bonds is 5. The number of benzene rings is 1. The Morgan fingerprint density at radius 1 is 1.09 bits per heavy atom. The molecule has 13 nitrogen and oxygen atoms in total. The molecule has 1 aromatic heterocycles. The summed E-state index contributed by atoms with van der Waals surface area (Å²) in [6.07, 6.45) is 3.68. The molecule has 45 heavy (non-hydrogen) atoms. The quantitative estimate of drug-likeness (QED) is 0.400. The number of pyridine rings is 1. The number of nitrogens with one attached hydrogen (secondary N) is 3. The van der Waals surface area contributed by atoms with Gasteiger partial charge in [-0.3, -0.25) is 14.4 Å². The highest BCUT2D eigenvalue weighted by Crippen LogP contribution is 2.47. The average molecular weight is 618 g/mol. The zero-order valence-electron chi connectivity index (χ0n) is 25.6. The first-order valence-corrected chi connectivity index (χ1v) is 15.5. The van der Waals surface area contributed by atoms with Crippen LogP contribution in [0, 0.1) is 5.41 Å². The third kappa shape index (κ3) is 5.55. The number of urea groups is 1. The van der Waals surface area contributed by atoms with E-state index in [1.807, 2.05) is 37.3 Å². The smallest absolute Gasteiger partial charge is 0.407 e. The van der Waals surface area contributed by atoms with Crippen LogP contribution in [0.1, 0.15) is 49.3 Å². The standard InChI is InChI=1S/C32H39N7O6/c1-31(9-13-37(14-10-31)29(43)33-2)28(42)39(23-5-4-12-38(18-23)30(44)45)19-25(40)35-22-8-7-20-16-32(17-21(20)15-22)24-6-3-11-34-26(24)36-27(32)41/h3,6-8,11,15,23H,4-5,9-10,12-14,16-19H2,1-2H3,(H,33,43)(H,35,40)(H,44,45)(H,34,36,41)/t23?,32-/m1/s1. The molecule has 1 aromatic carbocycles. The molecule has 4 N–H and O–H groups in total. The molecule has 4 aliphatic rings. The molecule has 2 saturated heterocycles. The summed E-state index contributed by atoms with van der Waals surface area (Å²) in [7, 11) is 1.57. The van der Waals surface area contributed by atoms with Crippen LogP contribution in [0.4, 0.5) is 21.1 Å². The molecule has 238 valence electrons. The zero-order valence-corrected chi connectivity index (χ0v) is 25.6. The fourth-order valence-corrected chi connectivity index (χ4v) is 7.37. The van der Waals surface area contributed by atoms with Gasteiger partial charge in [-0.25, -0.2) is 14.6 Å². The summed E-state index contributed by atoms with van der Waals surface area (Å²) >= 11 is 0. The van der Waals surface area contributed by atoms with Gasteiger partial charge in [0.25, 0.3) is 0 Å². The van der Waals surface area contributed by atoms with Gasteiger partial charge < -0.3 is 35.8 Å². The Morgan fingerprint density at radius 3 is 2.58 bits per heavy atom. The Balaban J connectivity index is 1.18. The van der Waals surface area contributed by atoms with Crippen LogP contribution in [-0.2, 0) is 32.6 Å². The third-order valence-electron chi connectivity index (χ3n) is 10.0. The number of amides is 6. The molecule has 0 bridgehead atoms. The first kappa shape index (κ1) is 30.4. The molecule has 1 aliphatic carbocycles. The Labute approximate surface area is 261 Å². The minimum Gasteiger partial charge on any atom is -0.465 e. The molecule has 1 spiro atoms. The summed E-state index contributed by atoms with van der Waals surface area (Å²) in [5.41, 5.74) is 1.91. The van der Waals surface area contributed by atoms with Gasteiger partial charge in [-0.15, -0.1) is 0 Å².